The lowest BCUT2D eigenvalue weighted by Crippen LogP contribution is -2.46. The third-order valence-electron chi connectivity index (χ3n) is 5.20. The molecule has 5 nitrogen and oxygen atoms in total. The highest BCUT2D eigenvalue weighted by atomic mass is 35.5. The van der Waals surface area contributed by atoms with Gasteiger partial charge in [-0.05, 0) is 88.6 Å². The summed E-state index contributed by atoms with van der Waals surface area (Å²) in [5.41, 5.74) is 0.691. The summed E-state index contributed by atoms with van der Waals surface area (Å²) in [6.45, 7) is 6.87. The van der Waals surface area contributed by atoms with Crippen LogP contribution in [0.15, 0.2) is 48.5 Å². The molecule has 1 atom stereocenters. The third-order valence-corrected chi connectivity index (χ3v) is 5.45. The zero-order valence-electron chi connectivity index (χ0n) is 18.4. The molecule has 1 aliphatic heterocycles. The lowest BCUT2D eigenvalue weighted by molar-refractivity contribution is 0.00743. The molecule has 1 fully saturated rings. The Hall–Kier alpha value is -2.53. The molecule has 0 aliphatic carbocycles. The minimum atomic E-state index is -0.499. The molecule has 0 saturated carbocycles. The predicted octanol–water partition coefficient (Wildman–Crippen LogP) is 6.13. The number of halogens is 1. The van der Waals surface area contributed by atoms with Gasteiger partial charge in [0.2, 0.25) is 0 Å². The molecule has 1 unspecified atom stereocenters. The number of amides is 1. The summed E-state index contributed by atoms with van der Waals surface area (Å²) in [6.07, 6.45) is 3.55. The molecule has 31 heavy (non-hydrogen) atoms. The van der Waals surface area contributed by atoms with Gasteiger partial charge < -0.3 is 14.4 Å². The summed E-state index contributed by atoms with van der Waals surface area (Å²) in [7, 11) is 0. The number of ether oxygens (including phenoxy) is 2. The number of nitrogens with zero attached hydrogens (tertiary/aromatic N) is 1. The van der Waals surface area contributed by atoms with E-state index in [9.17, 15) is 9.59 Å². The lowest BCUT2D eigenvalue weighted by Gasteiger charge is -2.36. The maximum Gasteiger partial charge on any atom is 0.410 e. The Morgan fingerprint density at radius 1 is 1.00 bits per heavy atom. The van der Waals surface area contributed by atoms with Crippen molar-refractivity contribution in [1.29, 1.82) is 0 Å². The average Bonchev–Trinajstić information content (AvgIpc) is 2.73. The van der Waals surface area contributed by atoms with E-state index in [4.69, 9.17) is 21.1 Å². The van der Waals surface area contributed by atoms with Gasteiger partial charge in [-0.25, -0.2) is 4.79 Å². The standard InChI is InChI=1S/C25H30ClNO4/c1-25(2,3)31-24(29)27-16-5-4-6-21(27)15-17-30-22-13-9-19(10-14-22)23(28)18-7-11-20(26)12-8-18/h7-14,21H,4-6,15-17H2,1-3H3. The van der Waals surface area contributed by atoms with E-state index in [-0.39, 0.29) is 17.9 Å². The number of piperidine rings is 1. The second-order valence-electron chi connectivity index (χ2n) is 8.82. The predicted molar refractivity (Wildman–Crippen MR) is 122 cm³/mol. The van der Waals surface area contributed by atoms with Crippen LogP contribution in [0, 0.1) is 0 Å². The molecule has 0 N–H and O–H groups in total. The molecule has 2 aromatic rings. The number of carbonyl (C=O) groups excluding carboxylic acids is 2. The maximum atomic E-state index is 12.6. The normalized spacial score (nSPS) is 16.6. The molecular formula is C25H30ClNO4. The monoisotopic (exact) mass is 443 g/mol. The van der Waals surface area contributed by atoms with Crippen molar-refractivity contribution >= 4 is 23.5 Å². The highest BCUT2D eigenvalue weighted by molar-refractivity contribution is 6.30. The summed E-state index contributed by atoms with van der Waals surface area (Å²) in [4.78, 5) is 26.9. The molecule has 0 bridgehead atoms. The summed E-state index contributed by atoms with van der Waals surface area (Å²) in [6, 6.07) is 14.1. The Bertz CT molecular complexity index is 887. The molecule has 1 saturated heterocycles. The quantitative estimate of drug-likeness (QED) is 0.504. The van der Waals surface area contributed by atoms with Gasteiger partial charge in [0, 0.05) is 35.2 Å². The van der Waals surface area contributed by atoms with Gasteiger partial charge in [0.1, 0.15) is 11.4 Å². The summed E-state index contributed by atoms with van der Waals surface area (Å²) >= 11 is 5.89. The van der Waals surface area contributed by atoms with Crippen LogP contribution in [0.5, 0.6) is 5.75 Å². The highest BCUT2D eigenvalue weighted by Gasteiger charge is 2.30. The second kappa shape index (κ2) is 10.2. The van der Waals surface area contributed by atoms with E-state index in [0.29, 0.717) is 28.5 Å². The van der Waals surface area contributed by atoms with Crippen LogP contribution in [0.3, 0.4) is 0 Å². The molecule has 1 amide bonds. The van der Waals surface area contributed by atoms with Crippen LogP contribution in [0.25, 0.3) is 0 Å². The van der Waals surface area contributed by atoms with Crippen molar-refractivity contribution in [3.8, 4) is 5.75 Å². The van der Waals surface area contributed by atoms with Crippen molar-refractivity contribution in [1.82, 2.24) is 4.90 Å². The van der Waals surface area contributed by atoms with Crippen LogP contribution in [-0.2, 0) is 4.74 Å². The number of rotatable bonds is 6. The number of carbonyl (C=O) groups is 2. The molecule has 1 heterocycles. The van der Waals surface area contributed by atoms with E-state index in [0.717, 1.165) is 32.2 Å². The Labute approximate surface area is 189 Å². The van der Waals surface area contributed by atoms with Crippen LogP contribution in [0.2, 0.25) is 5.02 Å². The smallest absolute Gasteiger partial charge is 0.410 e. The van der Waals surface area contributed by atoms with Crippen molar-refractivity contribution in [3.05, 3.63) is 64.7 Å². The van der Waals surface area contributed by atoms with Gasteiger partial charge in [0.15, 0.2) is 5.78 Å². The number of likely N-dealkylation sites (tertiary alicyclic amines) is 1. The number of benzene rings is 2. The van der Waals surface area contributed by atoms with Gasteiger partial charge in [-0.2, -0.15) is 0 Å². The summed E-state index contributed by atoms with van der Waals surface area (Å²) in [5, 5.41) is 0.600. The molecular weight excluding hydrogens is 414 g/mol. The summed E-state index contributed by atoms with van der Waals surface area (Å²) in [5.74, 6) is 0.644. The van der Waals surface area contributed by atoms with E-state index in [1.165, 1.54) is 0 Å². The zero-order valence-corrected chi connectivity index (χ0v) is 19.2. The van der Waals surface area contributed by atoms with Gasteiger partial charge >= 0.3 is 6.09 Å². The van der Waals surface area contributed by atoms with Crippen LogP contribution in [-0.4, -0.2) is 41.6 Å². The molecule has 0 aromatic heterocycles. The van der Waals surface area contributed by atoms with Crippen molar-refractivity contribution in [2.24, 2.45) is 0 Å². The van der Waals surface area contributed by atoms with E-state index < -0.39 is 5.60 Å². The van der Waals surface area contributed by atoms with Crippen molar-refractivity contribution in [3.63, 3.8) is 0 Å². The summed E-state index contributed by atoms with van der Waals surface area (Å²) < 4.78 is 11.4. The minimum Gasteiger partial charge on any atom is -0.494 e. The minimum absolute atomic E-state index is 0.0570. The van der Waals surface area contributed by atoms with Gasteiger partial charge in [-0.3, -0.25) is 4.79 Å². The van der Waals surface area contributed by atoms with Crippen LogP contribution in [0.4, 0.5) is 4.79 Å². The maximum absolute atomic E-state index is 12.6. The average molecular weight is 444 g/mol. The topological polar surface area (TPSA) is 55.8 Å². The van der Waals surface area contributed by atoms with Crippen LogP contribution in [0.1, 0.15) is 62.4 Å². The van der Waals surface area contributed by atoms with E-state index >= 15 is 0 Å². The zero-order chi connectivity index (χ0) is 22.4. The fraction of sp³-hybridized carbons (Fsp3) is 0.440. The van der Waals surface area contributed by atoms with Gasteiger partial charge in [0.25, 0.3) is 0 Å². The van der Waals surface area contributed by atoms with Gasteiger partial charge in [-0.15, -0.1) is 0 Å². The van der Waals surface area contributed by atoms with Gasteiger partial charge in [0.05, 0.1) is 6.61 Å². The molecule has 3 rings (SSSR count). The second-order valence-corrected chi connectivity index (χ2v) is 9.26. The van der Waals surface area contributed by atoms with E-state index in [1.807, 2.05) is 25.7 Å². The Balaban J connectivity index is 1.53. The van der Waals surface area contributed by atoms with Crippen molar-refractivity contribution in [2.75, 3.05) is 13.2 Å². The number of ketones is 1. The largest absolute Gasteiger partial charge is 0.494 e. The number of hydrogen-bond acceptors (Lipinski definition) is 4. The van der Waals surface area contributed by atoms with Crippen LogP contribution >= 0.6 is 11.6 Å². The van der Waals surface area contributed by atoms with E-state index in [2.05, 4.69) is 0 Å². The molecule has 2 aromatic carbocycles. The molecule has 0 spiro atoms. The van der Waals surface area contributed by atoms with Gasteiger partial charge in [-0.1, -0.05) is 11.6 Å². The third kappa shape index (κ3) is 6.73. The highest BCUT2D eigenvalue weighted by Crippen LogP contribution is 2.23. The Kier molecular flexibility index (Phi) is 7.60. The molecule has 1 aliphatic rings. The fourth-order valence-electron chi connectivity index (χ4n) is 3.64. The fourth-order valence-corrected chi connectivity index (χ4v) is 3.77. The first kappa shape index (κ1) is 23.1. The first-order valence-electron chi connectivity index (χ1n) is 10.8. The van der Waals surface area contributed by atoms with Crippen molar-refractivity contribution in [2.45, 2.75) is 58.1 Å². The van der Waals surface area contributed by atoms with Crippen LogP contribution < -0.4 is 4.74 Å². The van der Waals surface area contributed by atoms with Crippen molar-refractivity contribution < 1.29 is 19.1 Å². The number of hydrogen-bond donors (Lipinski definition) is 0. The molecule has 166 valence electrons. The first-order valence-corrected chi connectivity index (χ1v) is 11.1. The first-order chi connectivity index (χ1) is 14.7. The Morgan fingerprint density at radius 3 is 2.23 bits per heavy atom. The molecule has 0 radical (unpaired) electrons. The SMILES string of the molecule is CC(C)(C)OC(=O)N1CCCCC1CCOc1ccc(C(=O)c2ccc(Cl)cc2)cc1. The van der Waals surface area contributed by atoms with E-state index in [1.54, 1.807) is 48.5 Å². The lowest BCUT2D eigenvalue weighted by atomic mass is 10.0. The Morgan fingerprint density at radius 2 is 1.61 bits per heavy atom. The molecule has 6 heteroatoms.